The summed E-state index contributed by atoms with van der Waals surface area (Å²) < 4.78 is 40.4. The van der Waals surface area contributed by atoms with Crippen molar-refractivity contribution in [3.8, 4) is 0 Å². The normalized spacial score (nSPS) is 15.5. The zero-order valence-corrected chi connectivity index (χ0v) is 12.5. The lowest BCUT2D eigenvalue weighted by atomic mass is 10.2. The zero-order valence-electron chi connectivity index (χ0n) is 11.7. The van der Waals surface area contributed by atoms with Crippen molar-refractivity contribution < 1.29 is 12.8 Å². The summed E-state index contributed by atoms with van der Waals surface area (Å²) in [6.45, 7) is 3.40. The average Bonchev–Trinajstić information content (AvgIpc) is 3.21. The molecule has 1 aliphatic rings. The van der Waals surface area contributed by atoms with Crippen molar-refractivity contribution in [1.82, 2.24) is 10.0 Å². The van der Waals surface area contributed by atoms with Crippen LogP contribution in [-0.4, -0.2) is 21.5 Å². The van der Waals surface area contributed by atoms with Crippen molar-refractivity contribution in [3.05, 3.63) is 29.6 Å². The fourth-order valence-corrected chi connectivity index (χ4v) is 3.10. The van der Waals surface area contributed by atoms with Gasteiger partial charge in [0.05, 0.1) is 4.90 Å². The molecule has 2 rings (SSSR count). The van der Waals surface area contributed by atoms with E-state index < -0.39 is 10.0 Å². The maximum absolute atomic E-state index is 13.6. The molecule has 0 amide bonds. The van der Waals surface area contributed by atoms with Gasteiger partial charge in [-0.05, 0) is 37.1 Å². The molecule has 4 nitrogen and oxygen atoms in total. The first-order valence-corrected chi connectivity index (χ1v) is 8.50. The molecule has 0 saturated heterocycles. The highest BCUT2D eigenvalue weighted by Gasteiger charge is 2.22. The van der Waals surface area contributed by atoms with Crippen LogP contribution in [-0.2, 0) is 16.6 Å². The molecule has 1 aromatic rings. The van der Waals surface area contributed by atoms with Crippen LogP contribution < -0.4 is 10.0 Å². The largest absolute Gasteiger partial charge is 0.313 e. The molecule has 0 aliphatic heterocycles. The number of hydrogen-bond acceptors (Lipinski definition) is 3. The van der Waals surface area contributed by atoms with Crippen molar-refractivity contribution >= 4 is 10.0 Å². The molecule has 0 aromatic heterocycles. The second-order valence-electron chi connectivity index (χ2n) is 5.16. The van der Waals surface area contributed by atoms with Gasteiger partial charge in [0.25, 0.3) is 0 Å². The maximum Gasteiger partial charge on any atom is 0.240 e. The van der Waals surface area contributed by atoms with Gasteiger partial charge >= 0.3 is 0 Å². The smallest absolute Gasteiger partial charge is 0.240 e. The third-order valence-electron chi connectivity index (χ3n) is 3.43. The summed E-state index contributed by atoms with van der Waals surface area (Å²) in [6.07, 6.45) is 3.28. The van der Waals surface area contributed by atoms with Crippen LogP contribution >= 0.6 is 0 Å². The average molecular weight is 300 g/mol. The Labute approximate surface area is 119 Å². The minimum atomic E-state index is -3.54. The van der Waals surface area contributed by atoms with Crippen molar-refractivity contribution in [2.24, 2.45) is 5.92 Å². The number of nitrogens with one attached hydrogen (secondary N) is 2. The molecular weight excluding hydrogens is 279 g/mol. The van der Waals surface area contributed by atoms with E-state index in [-0.39, 0.29) is 10.7 Å². The van der Waals surface area contributed by atoms with Crippen LogP contribution in [0.15, 0.2) is 23.1 Å². The van der Waals surface area contributed by atoms with Gasteiger partial charge in [-0.2, -0.15) is 0 Å². The fourth-order valence-electron chi connectivity index (χ4n) is 2.00. The monoisotopic (exact) mass is 300 g/mol. The number of benzene rings is 1. The molecule has 1 aromatic carbocycles. The van der Waals surface area contributed by atoms with Gasteiger partial charge < -0.3 is 5.32 Å². The Morgan fingerprint density at radius 2 is 2.10 bits per heavy atom. The fraction of sp³-hybridized carbons (Fsp3) is 0.571. The van der Waals surface area contributed by atoms with Crippen molar-refractivity contribution in [2.75, 3.05) is 13.1 Å². The highest BCUT2D eigenvalue weighted by Crippen LogP contribution is 2.31. The Morgan fingerprint density at radius 3 is 2.75 bits per heavy atom. The number of halogens is 1. The summed E-state index contributed by atoms with van der Waals surface area (Å²) in [5.41, 5.74) is 0.372. The van der Waals surface area contributed by atoms with E-state index in [1.165, 1.54) is 31.0 Å². The van der Waals surface area contributed by atoms with Crippen LogP contribution in [0.5, 0.6) is 0 Å². The van der Waals surface area contributed by atoms with Gasteiger partial charge in [-0.1, -0.05) is 19.8 Å². The Balaban J connectivity index is 2.04. The second kappa shape index (κ2) is 6.65. The van der Waals surface area contributed by atoms with E-state index in [0.717, 1.165) is 6.42 Å². The molecular formula is C14H21FN2O2S. The van der Waals surface area contributed by atoms with Crippen molar-refractivity contribution in [2.45, 2.75) is 37.6 Å². The van der Waals surface area contributed by atoms with E-state index in [2.05, 4.69) is 10.0 Å². The lowest BCUT2D eigenvalue weighted by Gasteiger charge is -2.09. The first-order chi connectivity index (χ1) is 9.53. The summed E-state index contributed by atoms with van der Waals surface area (Å²) >= 11 is 0. The van der Waals surface area contributed by atoms with Crippen LogP contribution in [0.1, 0.15) is 31.7 Å². The van der Waals surface area contributed by atoms with Crippen LogP contribution in [0.2, 0.25) is 0 Å². The molecule has 6 heteroatoms. The third kappa shape index (κ3) is 4.26. The van der Waals surface area contributed by atoms with E-state index in [0.29, 0.717) is 31.1 Å². The van der Waals surface area contributed by atoms with Crippen LogP contribution in [0.4, 0.5) is 4.39 Å². The summed E-state index contributed by atoms with van der Waals surface area (Å²) in [5.74, 6) is 0.290. The van der Waals surface area contributed by atoms with E-state index >= 15 is 0 Å². The molecule has 1 aliphatic carbocycles. The molecule has 0 radical (unpaired) electrons. The van der Waals surface area contributed by atoms with Gasteiger partial charge in [-0.3, -0.25) is 0 Å². The van der Waals surface area contributed by atoms with Crippen molar-refractivity contribution in [3.63, 3.8) is 0 Å². The molecule has 1 fully saturated rings. The lowest BCUT2D eigenvalue weighted by molar-refractivity contribution is 0.571. The molecule has 1 saturated carbocycles. The number of sulfonamides is 1. The van der Waals surface area contributed by atoms with Gasteiger partial charge in [0, 0.05) is 18.7 Å². The van der Waals surface area contributed by atoms with E-state index in [9.17, 15) is 12.8 Å². The van der Waals surface area contributed by atoms with E-state index in [4.69, 9.17) is 0 Å². The molecule has 112 valence electrons. The first kappa shape index (κ1) is 15.4. The SMILES string of the molecule is CCNCc1cc(S(=O)(=O)NCCC2CC2)ccc1F. The molecule has 0 bridgehead atoms. The Bertz CT molecular complexity index is 556. The molecule has 0 heterocycles. The van der Waals surface area contributed by atoms with Gasteiger partial charge in [-0.25, -0.2) is 17.5 Å². The predicted molar refractivity (Wildman–Crippen MR) is 76.3 cm³/mol. The third-order valence-corrected chi connectivity index (χ3v) is 4.89. The summed E-state index contributed by atoms with van der Waals surface area (Å²) in [5, 5.41) is 3.00. The van der Waals surface area contributed by atoms with Crippen LogP contribution in [0.25, 0.3) is 0 Å². The highest BCUT2D eigenvalue weighted by molar-refractivity contribution is 7.89. The molecule has 2 N–H and O–H groups in total. The van der Waals surface area contributed by atoms with E-state index in [1.807, 2.05) is 6.92 Å². The van der Waals surface area contributed by atoms with Gasteiger partial charge in [-0.15, -0.1) is 0 Å². The lowest BCUT2D eigenvalue weighted by Crippen LogP contribution is -2.25. The van der Waals surface area contributed by atoms with Gasteiger partial charge in [0.1, 0.15) is 5.82 Å². The van der Waals surface area contributed by atoms with Gasteiger partial charge in [0.2, 0.25) is 10.0 Å². The van der Waals surface area contributed by atoms with Crippen LogP contribution in [0, 0.1) is 11.7 Å². The Hall–Kier alpha value is -0.980. The minimum absolute atomic E-state index is 0.127. The van der Waals surface area contributed by atoms with Crippen molar-refractivity contribution in [1.29, 1.82) is 0 Å². The zero-order chi connectivity index (χ0) is 14.6. The topological polar surface area (TPSA) is 58.2 Å². The van der Waals surface area contributed by atoms with E-state index in [1.54, 1.807) is 0 Å². The quantitative estimate of drug-likeness (QED) is 0.772. The standard InChI is InChI=1S/C14H21FN2O2S/c1-2-16-10-12-9-13(5-6-14(12)15)20(18,19)17-8-7-11-3-4-11/h5-6,9,11,16-17H,2-4,7-8,10H2,1H3. The molecule has 0 unspecified atom stereocenters. The Morgan fingerprint density at radius 1 is 1.35 bits per heavy atom. The molecule has 0 atom stereocenters. The maximum atomic E-state index is 13.6. The molecule has 0 spiro atoms. The first-order valence-electron chi connectivity index (χ1n) is 7.01. The predicted octanol–water partition coefficient (Wildman–Crippen LogP) is 2.01. The van der Waals surface area contributed by atoms with Crippen LogP contribution in [0.3, 0.4) is 0 Å². The highest BCUT2D eigenvalue weighted by atomic mass is 32.2. The number of hydrogen-bond donors (Lipinski definition) is 2. The summed E-state index contributed by atoms with van der Waals surface area (Å²) in [4.78, 5) is 0.127. The minimum Gasteiger partial charge on any atom is -0.313 e. The molecule has 20 heavy (non-hydrogen) atoms. The Kier molecular flexibility index (Phi) is 5.12. The second-order valence-corrected chi connectivity index (χ2v) is 6.93. The summed E-state index contributed by atoms with van der Waals surface area (Å²) in [7, 11) is -3.54. The van der Waals surface area contributed by atoms with Gasteiger partial charge in [0.15, 0.2) is 0 Å². The summed E-state index contributed by atoms with van der Waals surface area (Å²) in [6, 6.07) is 3.92. The number of rotatable bonds is 8.